The molecule has 88 valence electrons. The maximum Gasteiger partial charge on any atom is 0.120 e. The molecule has 1 aromatic rings. The third-order valence-corrected chi connectivity index (χ3v) is 2.78. The zero-order valence-electron chi connectivity index (χ0n) is 9.56. The summed E-state index contributed by atoms with van der Waals surface area (Å²) in [6.07, 6.45) is 0. The van der Waals surface area contributed by atoms with E-state index < -0.39 is 0 Å². The summed E-state index contributed by atoms with van der Waals surface area (Å²) in [7, 11) is 1.84. The van der Waals surface area contributed by atoms with Crippen LogP contribution in [-0.4, -0.2) is 34.0 Å². The van der Waals surface area contributed by atoms with Crippen LogP contribution >= 0.6 is 0 Å². The van der Waals surface area contributed by atoms with Crippen molar-refractivity contribution in [2.75, 3.05) is 13.2 Å². The van der Waals surface area contributed by atoms with Gasteiger partial charge in [0.05, 0.1) is 19.3 Å². The zero-order chi connectivity index (χ0) is 12.1. The van der Waals surface area contributed by atoms with Gasteiger partial charge in [-0.25, -0.2) is 0 Å². The Morgan fingerprint density at radius 1 is 1.50 bits per heavy atom. The lowest BCUT2D eigenvalue weighted by Gasteiger charge is -2.12. The van der Waals surface area contributed by atoms with E-state index in [-0.39, 0.29) is 19.3 Å². The van der Waals surface area contributed by atoms with Gasteiger partial charge in [-0.3, -0.25) is 0 Å². The van der Waals surface area contributed by atoms with Crippen molar-refractivity contribution in [2.45, 2.75) is 19.5 Å². The summed E-state index contributed by atoms with van der Waals surface area (Å²) in [5.41, 5.74) is 2.63. The first-order chi connectivity index (χ1) is 7.63. The van der Waals surface area contributed by atoms with Crippen molar-refractivity contribution < 1.29 is 10.2 Å². The van der Waals surface area contributed by atoms with Gasteiger partial charge in [0.25, 0.3) is 0 Å². The van der Waals surface area contributed by atoms with E-state index in [0.717, 1.165) is 11.3 Å². The highest BCUT2D eigenvalue weighted by atomic mass is 16.3. The van der Waals surface area contributed by atoms with Gasteiger partial charge in [-0.1, -0.05) is 0 Å². The predicted octanol–water partition coefficient (Wildman–Crippen LogP) is -0.352. The lowest BCUT2D eigenvalue weighted by Crippen LogP contribution is -2.35. The van der Waals surface area contributed by atoms with E-state index in [1.165, 1.54) is 0 Å². The molecule has 0 spiro atoms. The Morgan fingerprint density at radius 3 is 2.56 bits per heavy atom. The Balaban J connectivity index is 2.72. The number of hydrogen-bond donors (Lipinski definition) is 3. The Labute approximate surface area is 94.9 Å². The van der Waals surface area contributed by atoms with Gasteiger partial charge in [0.15, 0.2) is 0 Å². The summed E-state index contributed by atoms with van der Waals surface area (Å²) in [4.78, 5) is 0. The third kappa shape index (κ3) is 2.61. The normalized spacial score (nSPS) is 10.8. The first-order valence-electron chi connectivity index (χ1n) is 5.14. The van der Waals surface area contributed by atoms with Crippen molar-refractivity contribution in [3.8, 4) is 6.07 Å². The van der Waals surface area contributed by atoms with Crippen LogP contribution in [-0.2, 0) is 13.6 Å². The molecule has 5 heteroatoms. The molecule has 0 fully saturated rings. The molecule has 1 heterocycles. The second-order valence-electron chi connectivity index (χ2n) is 3.75. The smallest absolute Gasteiger partial charge is 0.120 e. The molecular weight excluding hydrogens is 206 g/mol. The van der Waals surface area contributed by atoms with Crippen LogP contribution in [0, 0.1) is 18.3 Å². The number of rotatable bonds is 5. The van der Waals surface area contributed by atoms with Crippen LogP contribution in [0.4, 0.5) is 0 Å². The van der Waals surface area contributed by atoms with Crippen molar-refractivity contribution >= 4 is 0 Å². The molecule has 0 bridgehead atoms. The molecule has 0 saturated heterocycles. The highest BCUT2D eigenvalue weighted by molar-refractivity contribution is 5.34. The molecule has 0 radical (unpaired) electrons. The van der Waals surface area contributed by atoms with Crippen LogP contribution in [0.5, 0.6) is 0 Å². The Hall–Kier alpha value is -1.35. The summed E-state index contributed by atoms with van der Waals surface area (Å²) in [6.45, 7) is 2.26. The first kappa shape index (κ1) is 12.7. The lowest BCUT2D eigenvalue weighted by molar-refractivity contribution is 0.170. The van der Waals surface area contributed by atoms with Crippen molar-refractivity contribution in [2.24, 2.45) is 7.05 Å². The topological polar surface area (TPSA) is 81.2 Å². The summed E-state index contributed by atoms with van der Waals surface area (Å²) >= 11 is 0. The van der Waals surface area contributed by atoms with Gasteiger partial charge in [-0.15, -0.1) is 0 Å². The quantitative estimate of drug-likeness (QED) is 0.637. The maximum atomic E-state index is 8.90. The standard InChI is InChI=1S/C11H17N3O2/c1-8-9(3-11(4-12)14(8)2)5-13-10(6-15)7-16/h3,10,13,15-16H,5-7H2,1-2H3. The van der Waals surface area contributed by atoms with Crippen LogP contribution in [0.15, 0.2) is 6.07 Å². The van der Waals surface area contributed by atoms with Crippen molar-refractivity contribution in [1.29, 1.82) is 5.26 Å². The van der Waals surface area contributed by atoms with Crippen LogP contribution in [0.25, 0.3) is 0 Å². The number of hydrogen-bond acceptors (Lipinski definition) is 4. The van der Waals surface area contributed by atoms with E-state index in [1.54, 1.807) is 0 Å². The largest absolute Gasteiger partial charge is 0.395 e. The lowest BCUT2D eigenvalue weighted by atomic mass is 10.2. The van der Waals surface area contributed by atoms with E-state index in [2.05, 4.69) is 11.4 Å². The molecule has 0 aromatic carbocycles. The number of aliphatic hydroxyl groups is 2. The van der Waals surface area contributed by atoms with Gasteiger partial charge >= 0.3 is 0 Å². The molecule has 0 saturated carbocycles. The second-order valence-corrected chi connectivity index (χ2v) is 3.75. The highest BCUT2D eigenvalue weighted by Gasteiger charge is 2.10. The van der Waals surface area contributed by atoms with Gasteiger partial charge in [0, 0.05) is 19.3 Å². The molecule has 16 heavy (non-hydrogen) atoms. The monoisotopic (exact) mass is 223 g/mol. The summed E-state index contributed by atoms with van der Waals surface area (Å²) in [5, 5.41) is 29.7. The summed E-state index contributed by atoms with van der Waals surface area (Å²) < 4.78 is 1.82. The van der Waals surface area contributed by atoms with Crippen molar-refractivity contribution in [1.82, 2.24) is 9.88 Å². The summed E-state index contributed by atoms with van der Waals surface area (Å²) in [5.74, 6) is 0. The molecule has 0 unspecified atom stereocenters. The SMILES string of the molecule is Cc1c(CNC(CO)CO)cc(C#N)n1C. The van der Waals surface area contributed by atoms with Gasteiger partial charge in [-0.2, -0.15) is 5.26 Å². The zero-order valence-corrected chi connectivity index (χ0v) is 9.56. The fourth-order valence-corrected chi connectivity index (χ4v) is 1.49. The van der Waals surface area contributed by atoms with E-state index in [0.29, 0.717) is 12.2 Å². The number of nitrogens with one attached hydrogen (secondary N) is 1. The molecule has 0 aliphatic rings. The van der Waals surface area contributed by atoms with Crippen LogP contribution < -0.4 is 5.32 Å². The number of aromatic nitrogens is 1. The highest BCUT2D eigenvalue weighted by Crippen LogP contribution is 2.13. The van der Waals surface area contributed by atoms with Gasteiger partial charge in [0.2, 0.25) is 0 Å². The molecular formula is C11H17N3O2. The number of nitriles is 1. The molecule has 1 rings (SSSR count). The first-order valence-corrected chi connectivity index (χ1v) is 5.14. The van der Waals surface area contributed by atoms with Crippen LogP contribution in [0.3, 0.4) is 0 Å². The van der Waals surface area contributed by atoms with Gasteiger partial charge in [-0.05, 0) is 18.6 Å². The fraction of sp³-hybridized carbons (Fsp3) is 0.545. The van der Waals surface area contributed by atoms with E-state index in [9.17, 15) is 0 Å². The minimum Gasteiger partial charge on any atom is -0.395 e. The predicted molar refractivity (Wildman–Crippen MR) is 59.7 cm³/mol. The van der Waals surface area contributed by atoms with Crippen molar-refractivity contribution in [3.63, 3.8) is 0 Å². The van der Waals surface area contributed by atoms with Gasteiger partial charge in [0.1, 0.15) is 11.8 Å². The molecule has 1 aromatic heterocycles. The fourth-order valence-electron chi connectivity index (χ4n) is 1.49. The van der Waals surface area contributed by atoms with E-state index in [4.69, 9.17) is 15.5 Å². The minimum absolute atomic E-state index is 0.104. The molecule has 3 N–H and O–H groups in total. The molecule has 0 amide bonds. The molecule has 5 nitrogen and oxygen atoms in total. The Morgan fingerprint density at radius 2 is 2.12 bits per heavy atom. The minimum atomic E-state index is -0.315. The Kier molecular flexibility index (Phi) is 4.50. The number of nitrogens with zero attached hydrogens (tertiary/aromatic N) is 2. The summed E-state index contributed by atoms with van der Waals surface area (Å²) in [6, 6.07) is 3.61. The molecule has 0 aliphatic heterocycles. The molecule has 0 atom stereocenters. The van der Waals surface area contributed by atoms with Gasteiger partial charge < -0.3 is 20.1 Å². The molecule has 0 aliphatic carbocycles. The van der Waals surface area contributed by atoms with E-state index in [1.807, 2.05) is 24.6 Å². The van der Waals surface area contributed by atoms with Crippen molar-refractivity contribution in [3.05, 3.63) is 23.0 Å². The third-order valence-electron chi connectivity index (χ3n) is 2.78. The number of aliphatic hydroxyl groups excluding tert-OH is 2. The second kappa shape index (κ2) is 5.66. The maximum absolute atomic E-state index is 8.90. The van der Waals surface area contributed by atoms with E-state index >= 15 is 0 Å². The Bertz CT molecular complexity index is 389. The average molecular weight is 223 g/mol. The van der Waals surface area contributed by atoms with Crippen LogP contribution in [0.2, 0.25) is 0 Å². The van der Waals surface area contributed by atoms with Crippen LogP contribution in [0.1, 0.15) is 17.0 Å². The average Bonchev–Trinajstić information content (AvgIpc) is 2.58.